The zero-order chi connectivity index (χ0) is 18.0. The summed E-state index contributed by atoms with van der Waals surface area (Å²) < 4.78 is 51.4. The number of nitrogens with one attached hydrogen (secondary N) is 2. The Hall–Kier alpha value is -2.66. The van der Waals surface area contributed by atoms with Crippen LogP contribution in [-0.2, 0) is 20.0 Å². The second-order valence-electron chi connectivity index (χ2n) is 4.81. The number of hydrogen-bond acceptors (Lipinski definition) is 6. The van der Waals surface area contributed by atoms with Crippen molar-refractivity contribution in [2.45, 2.75) is 4.90 Å². The van der Waals surface area contributed by atoms with E-state index in [0.717, 1.165) is 30.5 Å². The topological polar surface area (TPSA) is 135 Å². The molecule has 0 fully saturated rings. The summed E-state index contributed by atoms with van der Waals surface area (Å²) in [5.41, 5.74) is 0.108. The SMILES string of the molecule is CS(=O)(=O)Nc1cccc(NS(=O)(=O)c2ccc([N+](=O)[O-])cc2)c1. The van der Waals surface area contributed by atoms with Gasteiger partial charge in [0, 0.05) is 12.1 Å². The Bertz CT molecular complexity index is 969. The molecule has 0 aliphatic rings. The van der Waals surface area contributed by atoms with E-state index in [1.807, 2.05) is 0 Å². The molecule has 2 aromatic rings. The van der Waals surface area contributed by atoms with Crippen LogP contribution in [-0.4, -0.2) is 28.0 Å². The molecule has 11 heteroatoms. The van der Waals surface area contributed by atoms with Gasteiger partial charge in [0.05, 0.1) is 27.4 Å². The fourth-order valence-electron chi connectivity index (χ4n) is 1.82. The summed E-state index contributed by atoms with van der Waals surface area (Å²) in [6, 6.07) is 10.1. The Labute approximate surface area is 138 Å². The van der Waals surface area contributed by atoms with E-state index in [1.165, 1.54) is 24.3 Å². The van der Waals surface area contributed by atoms with Crippen LogP contribution in [0.1, 0.15) is 0 Å². The summed E-state index contributed by atoms with van der Waals surface area (Å²) in [5.74, 6) is 0. The number of hydrogen-bond donors (Lipinski definition) is 2. The van der Waals surface area contributed by atoms with Gasteiger partial charge in [-0.05, 0) is 30.3 Å². The number of benzene rings is 2. The quantitative estimate of drug-likeness (QED) is 0.587. The van der Waals surface area contributed by atoms with Crippen LogP contribution in [0.3, 0.4) is 0 Å². The summed E-state index contributed by atoms with van der Waals surface area (Å²) >= 11 is 0. The third kappa shape index (κ3) is 4.67. The lowest BCUT2D eigenvalue weighted by molar-refractivity contribution is -0.384. The lowest BCUT2D eigenvalue weighted by Crippen LogP contribution is -2.14. The molecule has 0 unspecified atom stereocenters. The van der Waals surface area contributed by atoms with Crippen LogP contribution >= 0.6 is 0 Å². The number of anilines is 2. The fourth-order valence-corrected chi connectivity index (χ4v) is 3.43. The van der Waals surface area contributed by atoms with Crippen molar-refractivity contribution < 1.29 is 21.8 Å². The monoisotopic (exact) mass is 371 g/mol. The van der Waals surface area contributed by atoms with Gasteiger partial charge in [0.2, 0.25) is 10.0 Å². The number of nitro groups is 1. The maximum absolute atomic E-state index is 12.3. The summed E-state index contributed by atoms with van der Waals surface area (Å²) in [7, 11) is -7.46. The van der Waals surface area contributed by atoms with Crippen LogP contribution in [0, 0.1) is 10.1 Å². The molecular weight excluding hydrogens is 358 g/mol. The van der Waals surface area contributed by atoms with Crippen LogP contribution in [0.15, 0.2) is 53.4 Å². The molecular formula is C13H13N3O6S2. The van der Waals surface area contributed by atoms with Gasteiger partial charge in [-0.2, -0.15) is 0 Å². The first-order chi connectivity index (χ1) is 11.1. The third-order valence-corrected chi connectivity index (χ3v) is 4.78. The molecule has 0 amide bonds. The van der Waals surface area contributed by atoms with Crippen molar-refractivity contribution in [2.75, 3.05) is 15.7 Å². The van der Waals surface area contributed by atoms with E-state index in [0.29, 0.717) is 0 Å². The van der Waals surface area contributed by atoms with Crippen LogP contribution in [0.5, 0.6) is 0 Å². The van der Waals surface area contributed by atoms with Gasteiger partial charge in [-0.3, -0.25) is 19.6 Å². The van der Waals surface area contributed by atoms with Crippen LogP contribution in [0.2, 0.25) is 0 Å². The lowest BCUT2D eigenvalue weighted by Gasteiger charge is -2.10. The van der Waals surface area contributed by atoms with Gasteiger partial charge in [0.1, 0.15) is 0 Å². The summed E-state index contributed by atoms with van der Waals surface area (Å²) in [4.78, 5) is 9.80. The standard InChI is InChI=1S/C13H13N3O6S2/c1-23(19,20)14-10-3-2-4-11(9-10)15-24(21,22)13-7-5-12(6-8-13)16(17)18/h2-9,14-15H,1H3. The lowest BCUT2D eigenvalue weighted by atomic mass is 10.3. The van der Waals surface area contributed by atoms with E-state index in [2.05, 4.69) is 9.44 Å². The van der Waals surface area contributed by atoms with Crippen LogP contribution < -0.4 is 9.44 Å². The summed E-state index contributed by atoms with van der Waals surface area (Å²) in [5, 5.41) is 10.6. The molecule has 0 radical (unpaired) electrons. The molecule has 0 atom stereocenters. The number of nitro benzene ring substituents is 1. The van der Waals surface area contributed by atoms with E-state index in [4.69, 9.17) is 0 Å². The second-order valence-corrected chi connectivity index (χ2v) is 8.24. The van der Waals surface area contributed by atoms with Crippen molar-refractivity contribution in [3.63, 3.8) is 0 Å². The highest BCUT2D eigenvalue weighted by molar-refractivity contribution is 7.92. The third-order valence-electron chi connectivity index (χ3n) is 2.78. The van der Waals surface area contributed by atoms with Crippen LogP contribution in [0.25, 0.3) is 0 Å². The molecule has 0 aliphatic carbocycles. The highest BCUT2D eigenvalue weighted by Crippen LogP contribution is 2.21. The Balaban J connectivity index is 2.26. The van der Waals surface area contributed by atoms with E-state index in [-0.39, 0.29) is 22.0 Å². The molecule has 0 heterocycles. The predicted octanol–water partition coefficient (Wildman–Crippen LogP) is 1.77. The molecule has 0 bridgehead atoms. The molecule has 0 saturated heterocycles. The second kappa shape index (κ2) is 6.45. The van der Waals surface area contributed by atoms with Crippen LogP contribution in [0.4, 0.5) is 17.1 Å². The van der Waals surface area contributed by atoms with Crippen molar-refractivity contribution >= 4 is 37.1 Å². The maximum atomic E-state index is 12.3. The molecule has 2 rings (SSSR count). The Morgan fingerprint density at radius 3 is 1.96 bits per heavy atom. The molecule has 9 nitrogen and oxygen atoms in total. The van der Waals surface area contributed by atoms with Crippen molar-refractivity contribution in [2.24, 2.45) is 0 Å². The van der Waals surface area contributed by atoms with Gasteiger partial charge in [-0.25, -0.2) is 16.8 Å². The first-order valence-electron chi connectivity index (χ1n) is 6.42. The predicted molar refractivity (Wildman–Crippen MR) is 88.8 cm³/mol. The van der Waals surface area contributed by atoms with Crippen molar-refractivity contribution in [3.8, 4) is 0 Å². The normalized spacial score (nSPS) is 11.7. The number of nitrogens with zero attached hydrogens (tertiary/aromatic N) is 1. The zero-order valence-electron chi connectivity index (χ0n) is 12.3. The van der Waals surface area contributed by atoms with Crippen molar-refractivity contribution in [1.82, 2.24) is 0 Å². The highest BCUT2D eigenvalue weighted by atomic mass is 32.2. The van der Waals surface area contributed by atoms with Gasteiger partial charge in [-0.1, -0.05) is 6.07 Å². The minimum Gasteiger partial charge on any atom is -0.284 e. The van der Waals surface area contributed by atoms with Gasteiger partial charge in [0.15, 0.2) is 0 Å². The first-order valence-corrected chi connectivity index (χ1v) is 9.79. The smallest absolute Gasteiger partial charge is 0.269 e. The Morgan fingerprint density at radius 2 is 1.46 bits per heavy atom. The molecule has 0 aromatic heterocycles. The van der Waals surface area contributed by atoms with E-state index in [1.54, 1.807) is 0 Å². The van der Waals surface area contributed by atoms with E-state index >= 15 is 0 Å². The maximum Gasteiger partial charge on any atom is 0.269 e. The average molecular weight is 371 g/mol. The average Bonchev–Trinajstić information content (AvgIpc) is 2.45. The van der Waals surface area contributed by atoms with E-state index in [9.17, 15) is 26.9 Å². The molecule has 2 N–H and O–H groups in total. The largest absolute Gasteiger partial charge is 0.284 e. The van der Waals surface area contributed by atoms with Gasteiger partial charge >= 0.3 is 0 Å². The molecule has 0 aliphatic heterocycles. The molecule has 128 valence electrons. The van der Waals surface area contributed by atoms with Crippen molar-refractivity contribution in [1.29, 1.82) is 0 Å². The number of rotatable bonds is 6. The fraction of sp³-hybridized carbons (Fsp3) is 0.0769. The van der Waals surface area contributed by atoms with Gasteiger partial charge in [-0.15, -0.1) is 0 Å². The molecule has 2 aromatic carbocycles. The number of sulfonamides is 2. The van der Waals surface area contributed by atoms with Gasteiger partial charge in [0.25, 0.3) is 15.7 Å². The molecule has 0 spiro atoms. The number of non-ortho nitro benzene ring substituents is 1. The summed E-state index contributed by atoms with van der Waals surface area (Å²) in [6.07, 6.45) is 0.973. The molecule has 0 saturated carbocycles. The first kappa shape index (κ1) is 17.7. The Kier molecular flexibility index (Phi) is 4.76. The highest BCUT2D eigenvalue weighted by Gasteiger charge is 2.16. The minimum absolute atomic E-state index is 0.141. The summed E-state index contributed by atoms with van der Waals surface area (Å²) in [6.45, 7) is 0. The van der Waals surface area contributed by atoms with Crippen molar-refractivity contribution in [3.05, 3.63) is 58.6 Å². The minimum atomic E-state index is -3.97. The van der Waals surface area contributed by atoms with Gasteiger partial charge < -0.3 is 0 Å². The Morgan fingerprint density at radius 1 is 0.917 bits per heavy atom. The van der Waals surface area contributed by atoms with E-state index < -0.39 is 25.0 Å². The molecule has 24 heavy (non-hydrogen) atoms. The zero-order valence-corrected chi connectivity index (χ0v) is 14.0.